The number of nitrogens with two attached hydrogens (primary N) is 1. The molecule has 0 aromatic heterocycles. The number of benzene rings is 2. The van der Waals surface area contributed by atoms with Crippen LogP contribution in [-0.2, 0) is 27.3 Å². The largest absolute Gasteiger partial charge is 0.343 e. The zero-order valence-corrected chi connectivity index (χ0v) is 25.6. The third kappa shape index (κ3) is 8.41. The van der Waals surface area contributed by atoms with Crippen molar-refractivity contribution in [2.75, 3.05) is 25.0 Å². The summed E-state index contributed by atoms with van der Waals surface area (Å²) in [7, 11) is 0. The average Bonchev–Trinajstić information content (AvgIpc) is 2.92. The predicted octanol–water partition coefficient (Wildman–Crippen LogP) is 4.76. The van der Waals surface area contributed by atoms with Gasteiger partial charge in [0.15, 0.2) is 5.82 Å². The molecule has 0 saturated heterocycles. The molecule has 0 spiro atoms. The molecule has 0 aliphatic carbocycles. The van der Waals surface area contributed by atoms with Crippen molar-refractivity contribution in [3.8, 4) is 0 Å². The van der Waals surface area contributed by atoms with Gasteiger partial charge in [0.05, 0.1) is 21.8 Å². The van der Waals surface area contributed by atoms with E-state index in [2.05, 4.69) is 10.6 Å². The predicted molar refractivity (Wildman–Crippen MR) is 161 cm³/mol. The Morgan fingerprint density at radius 3 is 2.46 bits per heavy atom. The third-order valence-electron chi connectivity index (χ3n) is 7.29. The molecule has 3 amide bonds. The summed E-state index contributed by atoms with van der Waals surface area (Å²) >= 11 is 11.7. The molecule has 4 N–H and O–H groups in total. The van der Waals surface area contributed by atoms with Gasteiger partial charge in [0.1, 0.15) is 6.04 Å². The molecule has 1 aliphatic rings. The molecular weight excluding hydrogens is 568 g/mol. The van der Waals surface area contributed by atoms with E-state index in [9.17, 15) is 18.8 Å². The maximum absolute atomic E-state index is 14.6. The van der Waals surface area contributed by atoms with Crippen molar-refractivity contribution in [3.63, 3.8) is 0 Å². The number of fused-ring (bicyclic) bond motifs is 1. The minimum atomic E-state index is -0.994. The number of carbonyl (C=O) groups is 3. The van der Waals surface area contributed by atoms with Crippen LogP contribution in [0.3, 0.4) is 0 Å². The highest BCUT2D eigenvalue weighted by Gasteiger charge is 2.34. The molecule has 2 aromatic rings. The SMILES string of the molecule is CCN(C(=O)CCCN1Cc2ccccc2C[C@H]1C(=O)N[C@@H](CCN)C(=O)Nc1ccc(Cl)c(Cl)c1F)C(C)(C)C. The lowest BCUT2D eigenvalue weighted by molar-refractivity contribution is -0.136. The monoisotopic (exact) mass is 607 g/mol. The molecule has 3 rings (SSSR count). The van der Waals surface area contributed by atoms with E-state index in [0.29, 0.717) is 38.9 Å². The van der Waals surface area contributed by atoms with Gasteiger partial charge in [0.25, 0.3) is 0 Å². The van der Waals surface area contributed by atoms with Gasteiger partial charge in [-0.05, 0) is 83.3 Å². The second-order valence-corrected chi connectivity index (χ2v) is 12.0. The molecule has 0 saturated carbocycles. The lowest BCUT2D eigenvalue weighted by Gasteiger charge is -2.37. The highest BCUT2D eigenvalue weighted by atomic mass is 35.5. The Labute approximate surface area is 251 Å². The number of amides is 3. The number of halogens is 3. The number of rotatable bonds is 11. The summed E-state index contributed by atoms with van der Waals surface area (Å²) in [6.07, 6.45) is 1.56. The number of nitrogens with one attached hydrogen (secondary N) is 2. The van der Waals surface area contributed by atoms with Gasteiger partial charge in [-0.1, -0.05) is 47.5 Å². The van der Waals surface area contributed by atoms with Crippen molar-refractivity contribution in [3.05, 3.63) is 63.4 Å². The van der Waals surface area contributed by atoms with Gasteiger partial charge in [0, 0.05) is 25.0 Å². The topological polar surface area (TPSA) is 108 Å². The van der Waals surface area contributed by atoms with Crippen LogP contribution in [0.1, 0.15) is 58.1 Å². The fourth-order valence-electron chi connectivity index (χ4n) is 5.21. The number of hydrogen-bond donors (Lipinski definition) is 3. The second kappa shape index (κ2) is 14.4. The van der Waals surface area contributed by atoms with Gasteiger partial charge < -0.3 is 21.3 Å². The molecule has 11 heteroatoms. The van der Waals surface area contributed by atoms with Crippen LogP contribution in [0.15, 0.2) is 36.4 Å². The molecule has 224 valence electrons. The van der Waals surface area contributed by atoms with Crippen LogP contribution in [0.4, 0.5) is 10.1 Å². The minimum absolute atomic E-state index is 0.0224. The first-order valence-electron chi connectivity index (χ1n) is 13.9. The molecular formula is C30H40Cl2FN5O3. The molecule has 41 heavy (non-hydrogen) atoms. The summed E-state index contributed by atoms with van der Waals surface area (Å²) in [5.41, 5.74) is 7.52. The summed E-state index contributed by atoms with van der Waals surface area (Å²) in [6, 6.07) is 9.07. The quantitative estimate of drug-likeness (QED) is 0.319. The van der Waals surface area contributed by atoms with E-state index in [1.54, 1.807) is 0 Å². The first kappa shape index (κ1) is 32.8. The number of hydrogen-bond acceptors (Lipinski definition) is 5. The Balaban J connectivity index is 1.74. The molecule has 2 atom stereocenters. The fraction of sp³-hybridized carbons (Fsp3) is 0.500. The van der Waals surface area contributed by atoms with Crippen molar-refractivity contribution >= 4 is 46.6 Å². The highest BCUT2D eigenvalue weighted by molar-refractivity contribution is 6.42. The fourth-order valence-corrected chi connectivity index (χ4v) is 5.52. The Hall–Kier alpha value is -2.72. The van der Waals surface area contributed by atoms with Crippen LogP contribution in [0.25, 0.3) is 0 Å². The Morgan fingerprint density at radius 1 is 1.15 bits per heavy atom. The van der Waals surface area contributed by atoms with Crippen molar-refractivity contribution < 1.29 is 18.8 Å². The van der Waals surface area contributed by atoms with E-state index < -0.39 is 23.8 Å². The molecule has 2 aromatic carbocycles. The molecule has 0 radical (unpaired) electrons. The zero-order valence-electron chi connectivity index (χ0n) is 24.1. The number of anilines is 1. The molecule has 1 heterocycles. The van der Waals surface area contributed by atoms with Gasteiger partial charge >= 0.3 is 0 Å². The Bertz CT molecular complexity index is 1250. The van der Waals surface area contributed by atoms with E-state index in [1.807, 2.05) is 61.8 Å². The van der Waals surface area contributed by atoms with Gasteiger partial charge in [-0.3, -0.25) is 19.3 Å². The maximum Gasteiger partial charge on any atom is 0.247 e. The van der Waals surface area contributed by atoms with Crippen LogP contribution >= 0.6 is 23.2 Å². The van der Waals surface area contributed by atoms with E-state index in [4.69, 9.17) is 28.9 Å². The standard InChI is InChI=1S/C30H40Cl2FN5O3/c1-5-38(30(2,3)4)25(39)11-8-16-37-18-20-10-7-6-9-19(20)17-24(37)29(41)36-23(14-15-34)28(40)35-22-13-12-21(31)26(32)27(22)33/h6-7,9-10,12-13,23-24H,5,8,11,14-18,34H2,1-4H3,(H,35,40)(H,36,41)/t23-,24-/m0/s1. The highest BCUT2D eigenvalue weighted by Crippen LogP contribution is 2.30. The molecule has 1 aliphatic heterocycles. The summed E-state index contributed by atoms with van der Waals surface area (Å²) in [5.74, 6) is -1.73. The van der Waals surface area contributed by atoms with Crippen molar-refractivity contribution in [2.24, 2.45) is 5.73 Å². The van der Waals surface area contributed by atoms with E-state index in [-0.39, 0.29) is 46.1 Å². The van der Waals surface area contributed by atoms with Gasteiger partial charge in [-0.15, -0.1) is 0 Å². The lowest BCUT2D eigenvalue weighted by Crippen LogP contribution is -2.55. The second-order valence-electron chi connectivity index (χ2n) is 11.2. The number of carbonyl (C=O) groups excluding carboxylic acids is 3. The smallest absolute Gasteiger partial charge is 0.247 e. The summed E-state index contributed by atoms with van der Waals surface area (Å²) in [4.78, 5) is 43.6. The van der Waals surface area contributed by atoms with E-state index >= 15 is 0 Å². The number of nitrogens with zero attached hydrogens (tertiary/aromatic N) is 2. The normalized spacial score (nSPS) is 16.0. The molecule has 8 nitrogen and oxygen atoms in total. The van der Waals surface area contributed by atoms with Crippen LogP contribution in [-0.4, -0.2) is 64.8 Å². The summed E-state index contributed by atoms with van der Waals surface area (Å²) in [6.45, 7) is 9.84. The molecule has 0 unspecified atom stereocenters. The summed E-state index contributed by atoms with van der Waals surface area (Å²) < 4.78 is 14.6. The van der Waals surface area contributed by atoms with Crippen molar-refractivity contribution in [1.29, 1.82) is 0 Å². The molecule has 0 fully saturated rings. The van der Waals surface area contributed by atoms with Crippen LogP contribution in [0, 0.1) is 5.82 Å². The lowest BCUT2D eigenvalue weighted by atomic mass is 9.93. The van der Waals surface area contributed by atoms with E-state index in [1.165, 1.54) is 12.1 Å². The van der Waals surface area contributed by atoms with Crippen LogP contribution < -0.4 is 16.4 Å². The van der Waals surface area contributed by atoms with Crippen molar-refractivity contribution in [2.45, 2.75) is 77.5 Å². The molecule has 0 bridgehead atoms. The van der Waals surface area contributed by atoms with Gasteiger partial charge in [-0.2, -0.15) is 0 Å². The third-order valence-corrected chi connectivity index (χ3v) is 8.07. The average molecular weight is 609 g/mol. The first-order valence-corrected chi connectivity index (χ1v) is 14.7. The Morgan fingerprint density at radius 2 is 1.83 bits per heavy atom. The minimum Gasteiger partial charge on any atom is -0.343 e. The van der Waals surface area contributed by atoms with Gasteiger partial charge in [0.2, 0.25) is 17.7 Å². The van der Waals surface area contributed by atoms with Crippen LogP contribution in [0.5, 0.6) is 0 Å². The van der Waals surface area contributed by atoms with Crippen molar-refractivity contribution in [1.82, 2.24) is 15.1 Å². The first-order chi connectivity index (χ1) is 19.4. The Kier molecular flexibility index (Phi) is 11.6. The zero-order chi connectivity index (χ0) is 30.3. The van der Waals surface area contributed by atoms with E-state index in [0.717, 1.165) is 11.1 Å². The van der Waals surface area contributed by atoms with Crippen LogP contribution in [0.2, 0.25) is 10.0 Å². The van der Waals surface area contributed by atoms with Gasteiger partial charge in [-0.25, -0.2) is 4.39 Å². The maximum atomic E-state index is 14.6. The summed E-state index contributed by atoms with van der Waals surface area (Å²) in [5, 5.41) is 5.04.